The van der Waals surface area contributed by atoms with Gasteiger partial charge >= 0.3 is 5.97 Å². The van der Waals surface area contributed by atoms with Crippen LogP contribution in [-0.2, 0) is 20.9 Å². The zero-order valence-corrected chi connectivity index (χ0v) is 13.6. The van der Waals surface area contributed by atoms with Gasteiger partial charge in [-0.05, 0) is 24.6 Å². The maximum Gasteiger partial charge on any atom is 0.376 e. The van der Waals surface area contributed by atoms with Crippen LogP contribution in [0.3, 0.4) is 0 Å². The van der Waals surface area contributed by atoms with Gasteiger partial charge in [-0.15, -0.1) is 0 Å². The molecule has 1 fully saturated rings. The first-order chi connectivity index (χ1) is 12.0. The van der Waals surface area contributed by atoms with Crippen LogP contribution in [0.1, 0.15) is 24.1 Å². The molecule has 130 valence electrons. The van der Waals surface area contributed by atoms with Crippen molar-refractivity contribution in [3.63, 3.8) is 0 Å². The number of ketones is 1. The minimum Gasteiger partial charge on any atom is -0.460 e. The Bertz CT molecular complexity index is 774. The Balaban J connectivity index is 1.90. The highest BCUT2D eigenvalue weighted by molar-refractivity contribution is 6.36. The molecule has 3 atom stereocenters. The molecule has 2 aromatic carbocycles. The van der Waals surface area contributed by atoms with E-state index in [1.54, 1.807) is 11.8 Å². The fourth-order valence-electron chi connectivity index (χ4n) is 3.00. The Labute approximate surface area is 144 Å². The van der Waals surface area contributed by atoms with Crippen molar-refractivity contribution in [1.29, 1.82) is 0 Å². The largest absolute Gasteiger partial charge is 0.460 e. The predicted molar refractivity (Wildman–Crippen MR) is 86.5 cm³/mol. The number of rotatable bonds is 6. The summed E-state index contributed by atoms with van der Waals surface area (Å²) >= 11 is 0. The van der Waals surface area contributed by atoms with Crippen LogP contribution in [0.25, 0.3) is 0 Å². The third-order valence-electron chi connectivity index (χ3n) is 4.17. The fraction of sp³-hybridized carbons (Fsp3) is 0.263. The Kier molecular flexibility index (Phi) is 4.90. The molecule has 1 aliphatic rings. The van der Waals surface area contributed by atoms with Crippen LogP contribution in [0.2, 0.25) is 0 Å². The second-order valence-corrected chi connectivity index (χ2v) is 5.77. The summed E-state index contributed by atoms with van der Waals surface area (Å²) in [6.45, 7) is 1.96. The van der Waals surface area contributed by atoms with Crippen LogP contribution >= 0.6 is 0 Å². The molecule has 0 N–H and O–H groups in total. The SMILES string of the molecule is CCOC(=O)C(=O)[C@@H]1[C@@H](c2c(F)cccc2F)N1Cc1ccccc1. The Morgan fingerprint density at radius 3 is 2.28 bits per heavy atom. The van der Waals surface area contributed by atoms with Crippen molar-refractivity contribution < 1.29 is 23.1 Å². The molecule has 25 heavy (non-hydrogen) atoms. The number of carbonyl (C=O) groups is 2. The van der Waals surface area contributed by atoms with Gasteiger partial charge in [0, 0.05) is 12.1 Å². The molecular weight excluding hydrogens is 328 g/mol. The van der Waals surface area contributed by atoms with E-state index in [9.17, 15) is 18.4 Å². The lowest BCUT2D eigenvalue weighted by molar-refractivity contribution is -0.153. The van der Waals surface area contributed by atoms with Gasteiger partial charge in [-0.2, -0.15) is 0 Å². The van der Waals surface area contributed by atoms with Crippen molar-refractivity contribution in [3.8, 4) is 0 Å². The number of hydrogen-bond acceptors (Lipinski definition) is 4. The lowest BCUT2D eigenvalue weighted by Crippen LogP contribution is -2.25. The second kappa shape index (κ2) is 7.11. The van der Waals surface area contributed by atoms with E-state index >= 15 is 0 Å². The lowest BCUT2D eigenvalue weighted by Gasteiger charge is -2.06. The Morgan fingerprint density at radius 2 is 1.68 bits per heavy atom. The topological polar surface area (TPSA) is 46.4 Å². The van der Waals surface area contributed by atoms with Crippen molar-refractivity contribution in [3.05, 3.63) is 71.3 Å². The molecule has 0 aromatic heterocycles. The summed E-state index contributed by atoms with van der Waals surface area (Å²) in [5.74, 6) is -3.24. The van der Waals surface area contributed by atoms with Gasteiger partial charge in [0.05, 0.1) is 12.6 Å². The smallest absolute Gasteiger partial charge is 0.376 e. The summed E-state index contributed by atoms with van der Waals surface area (Å²) < 4.78 is 33.0. The van der Waals surface area contributed by atoms with E-state index in [1.807, 2.05) is 30.3 Å². The average molecular weight is 345 g/mol. The van der Waals surface area contributed by atoms with Gasteiger partial charge in [-0.3, -0.25) is 9.69 Å². The van der Waals surface area contributed by atoms with Crippen LogP contribution in [-0.4, -0.2) is 29.3 Å². The number of Topliss-reactive ketones (excluding diaryl/α,β-unsaturated/α-hetero) is 1. The van der Waals surface area contributed by atoms with Gasteiger partial charge in [0.15, 0.2) is 0 Å². The van der Waals surface area contributed by atoms with Gasteiger partial charge in [0.1, 0.15) is 17.7 Å². The van der Waals surface area contributed by atoms with E-state index in [-0.39, 0.29) is 12.2 Å². The van der Waals surface area contributed by atoms with Crippen molar-refractivity contribution in [2.24, 2.45) is 0 Å². The quantitative estimate of drug-likeness (QED) is 0.459. The van der Waals surface area contributed by atoms with Crippen molar-refractivity contribution in [2.75, 3.05) is 6.61 Å². The zero-order chi connectivity index (χ0) is 18.0. The van der Waals surface area contributed by atoms with Gasteiger partial charge < -0.3 is 4.74 Å². The van der Waals surface area contributed by atoms with E-state index in [2.05, 4.69) is 0 Å². The van der Waals surface area contributed by atoms with E-state index in [0.29, 0.717) is 6.54 Å². The molecule has 0 spiro atoms. The molecular formula is C19H17F2NO3. The molecule has 1 aliphatic heterocycles. The third-order valence-corrected chi connectivity index (χ3v) is 4.17. The molecule has 0 aliphatic carbocycles. The lowest BCUT2D eigenvalue weighted by atomic mass is 10.1. The standard InChI is InChI=1S/C19H17F2NO3/c1-2-25-19(24)18(23)17-16(15-13(20)9-6-10-14(15)21)22(17)11-12-7-4-3-5-8-12/h3-10,16-17H,2,11H2,1H3/t16-,17+,22?/m1/s1. The molecule has 2 aromatic rings. The minimum atomic E-state index is -0.982. The van der Waals surface area contributed by atoms with Crippen molar-refractivity contribution >= 4 is 11.8 Å². The van der Waals surface area contributed by atoms with Crippen LogP contribution in [0.4, 0.5) is 8.78 Å². The Hall–Kier alpha value is -2.60. The van der Waals surface area contributed by atoms with Crippen LogP contribution in [0, 0.1) is 11.6 Å². The molecule has 3 rings (SSSR count). The number of esters is 1. The zero-order valence-electron chi connectivity index (χ0n) is 13.6. The van der Waals surface area contributed by atoms with Crippen molar-refractivity contribution in [1.82, 2.24) is 4.90 Å². The molecule has 0 radical (unpaired) electrons. The predicted octanol–water partition coefficient (Wildman–Crippen LogP) is 3.02. The van der Waals surface area contributed by atoms with Gasteiger partial charge in [-0.1, -0.05) is 36.4 Å². The molecule has 4 nitrogen and oxygen atoms in total. The molecule has 1 unspecified atom stereocenters. The molecule has 1 heterocycles. The first kappa shape index (κ1) is 17.2. The number of carbonyl (C=O) groups excluding carboxylic acids is 2. The maximum absolute atomic E-state index is 14.1. The van der Waals surface area contributed by atoms with Crippen LogP contribution in [0.5, 0.6) is 0 Å². The number of halogens is 2. The minimum absolute atomic E-state index is 0.0642. The molecule has 0 saturated carbocycles. The number of benzene rings is 2. The average Bonchev–Trinajstić information content (AvgIpc) is 3.28. The van der Waals surface area contributed by atoms with E-state index in [4.69, 9.17) is 4.74 Å². The van der Waals surface area contributed by atoms with Crippen LogP contribution in [0.15, 0.2) is 48.5 Å². The molecule has 1 saturated heterocycles. The first-order valence-corrected chi connectivity index (χ1v) is 7.99. The number of hydrogen-bond donors (Lipinski definition) is 0. The number of ether oxygens (including phenoxy) is 1. The van der Waals surface area contributed by atoms with Crippen LogP contribution < -0.4 is 0 Å². The highest BCUT2D eigenvalue weighted by atomic mass is 19.1. The van der Waals surface area contributed by atoms with Crippen molar-refractivity contribution in [2.45, 2.75) is 25.6 Å². The summed E-state index contributed by atoms with van der Waals surface area (Å²) in [6, 6.07) is 11.0. The molecule has 0 amide bonds. The Morgan fingerprint density at radius 1 is 1.04 bits per heavy atom. The van der Waals surface area contributed by atoms with E-state index in [0.717, 1.165) is 17.7 Å². The van der Waals surface area contributed by atoms with E-state index < -0.39 is 35.5 Å². The highest BCUT2D eigenvalue weighted by Crippen LogP contribution is 2.46. The first-order valence-electron chi connectivity index (χ1n) is 7.99. The summed E-state index contributed by atoms with van der Waals surface area (Å²) in [7, 11) is 0. The molecule has 6 heteroatoms. The summed E-state index contributed by atoms with van der Waals surface area (Å²) in [6.07, 6.45) is 0. The second-order valence-electron chi connectivity index (χ2n) is 5.77. The van der Waals surface area contributed by atoms with Gasteiger partial charge in [0.2, 0.25) is 0 Å². The monoisotopic (exact) mass is 345 g/mol. The van der Waals surface area contributed by atoms with Gasteiger partial charge in [-0.25, -0.2) is 13.6 Å². The summed E-state index contributed by atoms with van der Waals surface area (Å²) in [5.41, 5.74) is 0.685. The normalized spacial score (nSPS) is 21.6. The fourth-order valence-corrected chi connectivity index (χ4v) is 3.00. The number of nitrogens with zero attached hydrogens (tertiary/aromatic N) is 1. The maximum atomic E-state index is 14.1. The summed E-state index contributed by atoms with van der Waals surface area (Å²) in [4.78, 5) is 25.7. The van der Waals surface area contributed by atoms with E-state index in [1.165, 1.54) is 6.07 Å². The molecule has 0 bridgehead atoms. The highest BCUT2D eigenvalue weighted by Gasteiger charge is 2.57. The van der Waals surface area contributed by atoms with Gasteiger partial charge in [0.25, 0.3) is 5.78 Å². The summed E-state index contributed by atoms with van der Waals surface area (Å²) in [5, 5.41) is 0. The third kappa shape index (κ3) is 3.44.